The molecular formula is C12H14BN3O. The minimum absolute atomic E-state index is 0.137. The highest BCUT2D eigenvalue weighted by atomic mass is 16.3. The molecule has 5 heteroatoms. The second-order valence-corrected chi connectivity index (χ2v) is 3.98. The quantitative estimate of drug-likeness (QED) is 0.569. The summed E-state index contributed by atoms with van der Waals surface area (Å²) in [6.45, 7) is 2.02. The van der Waals surface area contributed by atoms with E-state index in [-0.39, 0.29) is 5.75 Å². The summed E-state index contributed by atoms with van der Waals surface area (Å²) in [5, 5.41) is 17.9. The van der Waals surface area contributed by atoms with Crippen molar-refractivity contribution in [3.63, 3.8) is 0 Å². The number of aromatic nitrogens is 2. The first kappa shape index (κ1) is 11.5. The van der Waals surface area contributed by atoms with Crippen LogP contribution in [-0.4, -0.2) is 23.2 Å². The molecule has 0 unspecified atom stereocenters. The van der Waals surface area contributed by atoms with E-state index >= 15 is 0 Å². The summed E-state index contributed by atoms with van der Waals surface area (Å²) in [6.07, 6.45) is 0.818. The monoisotopic (exact) mass is 227 g/mol. The van der Waals surface area contributed by atoms with Crippen molar-refractivity contribution in [2.45, 2.75) is 13.3 Å². The van der Waals surface area contributed by atoms with Gasteiger partial charge in [0.15, 0.2) is 7.85 Å². The van der Waals surface area contributed by atoms with Gasteiger partial charge in [0.1, 0.15) is 5.75 Å². The molecule has 1 aromatic heterocycles. The third-order valence-corrected chi connectivity index (χ3v) is 2.71. The van der Waals surface area contributed by atoms with Gasteiger partial charge in [0, 0.05) is 22.9 Å². The average molecular weight is 227 g/mol. The maximum atomic E-state index is 9.89. The third-order valence-electron chi connectivity index (χ3n) is 2.71. The van der Waals surface area contributed by atoms with Gasteiger partial charge in [-0.2, -0.15) is 10.2 Å². The van der Waals surface area contributed by atoms with E-state index in [4.69, 9.17) is 5.73 Å². The lowest BCUT2D eigenvalue weighted by Gasteiger charge is -2.09. The molecule has 1 heterocycles. The average Bonchev–Trinajstić information content (AvgIpc) is 2.31. The van der Waals surface area contributed by atoms with Gasteiger partial charge in [0.05, 0.1) is 5.69 Å². The van der Waals surface area contributed by atoms with Gasteiger partial charge in [-0.05, 0) is 30.2 Å². The van der Waals surface area contributed by atoms with Crippen molar-refractivity contribution in [3.05, 3.63) is 29.8 Å². The first-order valence-electron chi connectivity index (χ1n) is 5.54. The number of nitrogens with two attached hydrogens (primary N) is 1. The van der Waals surface area contributed by atoms with Gasteiger partial charge >= 0.3 is 0 Å². The molecule has 0 spiro atoms. The highest BCUT2D eigenvalue weighted by Crippen LogP contribution is 2.31. The van der Waals surface area contributed by atoms with Crippen LogP contribution in [0.1, 0.15) is 12.5 Å². The molecule has 0 fully saturated rings. The highest BCUT2D eigenvalue weighted by molar-refractivity contribution is 6.30. The first-order chi connectivity index (χ1) is 8.11. The van der Waals surface area contributed by atoms with Crippen LogP contribution in [0.3, 0.4) is 0 Å². The molecule has 0 saturated carbocycles. The molecule has 4 nitrogen and oxygen atoms in total. The van der Waals surface area contributed by atoms with Crippen LogP contribution in [0.2, 0.25) is 0 Å². The topological polar surface area (TPSA) is 72.0 Å². The molecule has 0 saturated heterocycles. The Bertz CT molecular complexity index is 540. The molecule has 0 aliphatic carbocycles. The van der Waals surface area contributed by atoms with E-state index in [1.54, 1.807) is 6.07 Å². The fourth-order valence-corrected chi connectivity index (χ4v) is 1.70. The molecule has 0 bridgehead atoms. The van der Waals surface area contributed by atoms with Gasteiger partial charge in [-0.1, -0.05) is 6.92 Å². The zero-order valence-electron chi connectivity index (χ0n) is 9.94. The number of nitrogens with zero attached hydrogens (tertiary/aromatic N) is 2. The van der Waals surface area contributed by atoms with Gasteiger partial charge in [-0.25, -0.2) is 0 Å². The van der Waals surface area contributed by atoms with Crippen LogP contribution in [0.4, 0.5) is 5.69 Å². The minimum atomic E-state index is 0.137. The second-order valence-electron chi connectivity index (χ2n) is 3.98. The molecule has 86 valence electrons. The van der Waals surface area contributed by atoms with E-state index in [1.807, 2.05) is 33.0 Å². The first-order valence-corrected chi connectivity index (χ1v) is 5.54. The predicted octanol–water partition coefficient (Wildman–Crippen LogP) is 0.252. The molecule has 1 aromatic carbocycles. The molecule has 0 atom stereocenters. The van der Waals surface area contributed by atoms with Crippen molar-refractivity contribution in [3.8, 4) is 17.0 Å². The zero-order valence-corrected chi connectivity index (χ0v) is 9.94. The Labute approximate surface area is 101 Å². The van der Waals surface area contributed by atoms with E-state index in [9.17, 15) is 5.11 Å². The number of aryl methyl sites for hydroxylation is 1. The Kier molecular flexibility index (Phi) is 3.00. The Morgan fingerprint density at radius 1 is 1.29 bits per heavy atom. The van der Waals surface area contributed by atoms with Crippen LogP contribution < -0.4 is 11.3 Å². The molecule has 2 aromatic rings. The van der Waals surface area contributed by atoms with Gasteiger partial charge in [0.25, 0.3) is 0 Å². The van der Waals surface area contributed by atoms with E-state index in [2.05, 4.69) is 10.2 Å². The summed E-state index contributed by atoms with van der Waals surface area (Å²) in [5.74, 6) is 0.137. The summed E-state index contributed by atoms with van der Waals surface area (Å²) in [4.78, 5) is 0. The standard InChI is InChI=1S/C12H14BN3O/c1-2-7-5-8(11(17)6-9(7)14)10-3-4-12(13)16-15-10/h3-6,17H,2,13-14H2,1H3. The minimum Gasteiger partial charge on any atom is -0.507 e. The van der Waals surface area contributed by atoms with E-state index < -0.39 is 0 Å². The van der Waals surface area contributed by atoms with Crippen LogP contribution >= 0.6 is 0 Å². The molecule has 0 amide bonds. The zero-order chi connectivity index (χ0) is 12.4. The van der Waals surface area contributed by atoms with E-state index in [0.29, 0.717) is 16.9 Å². The van der Waals surface area contributed by atoms with Crippen LogP contribution in [0.5, 0.6) is 5.75 Å². The van der Waals surface area contributed by atoms with Crippen molar-refractivity contribution < 1.29 is 5.11 Å². The number of benzene rings is 1. The SMILES string of the molecule is Bc1ccc(-c2cc(CC)c(N)cc2O)nn1. The predicted molar refractivity (Wildman–Crippen MR) is 71.1 cm³/mol. The van der Waals surface area contributed by atoms with Gasteiger partial charge < -0.3 is 10.8 Å². The van der Waals surface area contributed by atoms with Gasteiger partial charge in [-0.3, -0.25) is 0 Å². The van der Waals surface area contributed by atoms with Crippen molar-refractivity contribution >= 4 is 19.1 Å². The Morgan fingerprint density at radius 3 is 2.65 bits per heavy atom. The van der Waals surface area contributed by atoms with Crippen molar-refractivity contribution in [1.29, 1.82) is 0 Å². The fourth-order valence-electron chi connectivity index (χ4n) is 1.70. The lowest BCUT2D eigenvalue weighted by Crippen LogP contribution is -2.09. The number of nitrogen functional groups attached to an aromatic ring is 1. The number of aromatic hydroxyl groups is 1. The van der Waals surface area contributed by atoms with Crippen LogP contribution in [0.15, 0.2) is 24.3 Å². The molecule has 17 heavy (non-hydrogen) atoms. The summed E-state index contributed by atoms with van der Waals surface area (Å²) in [5.41, 5.74) is 9.58. The van der Waals surface area contributed by atoms with E-state index in [0.717, 1.165) is 17.6 Å². The number of anilines is 1. The van der Waals surface area contributed by atoms with Crippen molar-refractivity contribution in [2.75, 3.05) is 5.73 Å². The van der Waals surface area contributed by atoms with Gasteiger partial charge in [-0.15, -0.1) is 0 Å². The molecule has 3 N–H and O–H groups in total. The number of rotatable bonds is 2. The van der Waals surface area contributed by atoms with Gasteiger partial charge in [0.2, 0.25) is 0 Å². The number of hydrogen-bond donors (Lipinski definition) is 2. The molecule has 0 aliphatic rings. The number of hydrogen-bond acceptors (Lipinski definition) is 4. The van der Waals surface area contributed by atoms with Crippen molar-refractivity contribution in [1.82, 2.24) is 10.2 Å². The maximum Gasteiger partial charge on any atom is 0.166 e. The Hall–Kier alpha value is -2.04. The number of phenols is 1. The van der Waals surface area contributed by atoms with Crippen LogP contribution in [0, 0.1) is 0 Å². The van der Waals surface area contributed by atoms with Crippen molar-refractivity contribution in [2.24, 2.45) is 0 Å². The molecule has 0 radical (unpaired) electrons. The molecule has 2 rings (SSSR count). The Morgan fingerprint density at radius 2 is 2.06 bits per heavy atom. The summed E-state index contributed by atoms with van der Waals surface area (Å²) in [7, 11) is 1.87. The maximum absolute atomic E-state index is 9.89. The van der Waals surface area contributed by atoms with E-state index in [1.165, 1.54) is 0 Å². The molecule has 0 aliphatic heterocycles. The normalized spacial score (nSPS) is 10.4. The molecular weight excluding hydrogens is 213 g/mol. The van der Waals surface area contributed by atoms with Crippen LogP contribution in [-0.2, 0) is 6.42 Å². The lowest BCUT2D eigenvalue weighted by atomic mass is 10.0. The van der Waals surface area contributed by atoms with Crippen LogP contribution in [0.25, 0.3) is 11.3 Å². The summed E-state index contributed by atoms with van der Waals surface area (Å²) >= 11 is 0. The smallest absolute Gasteiger partial charge is 0.166 e. The third kappa shape index (κ3) is 2.23. The highest BCUT2D eigenvalue weighted by Gasteiger charge is 2.09. The lowest BCUT2D eigenvalue weighted by molar-refractivity contribution is 0.477. The number of phenolic OH excluding ortho intramolecular Hbond substituents is 1. The largest absolute Gasteiger partial charge is 0.507 e. The summed E-state index contributed by atoms with van der Waals surface area (Å²) in [6, 6.07) is 7.14. The summed E-state index contributed by atoms with van der Waals surface area (Å²) < 4.78 is 0. The fraction of sp³-hybridized carbons (Fsp3) is 0.167. The second kappa shape index (κ2) is 4.45. The Balaban J connectivity index is 2.55.